The molecule has 1 saturated carbocycles. The van der Waals surface area contributed by atoms with Gasteiger partial charge in [-0.1, -0.05) is 0 Å². The lowest BCUT2D eigenvalue weighted by Crippen LogP contribution is -2.50. The van der Waals surface area contributed by atoms with Crippen molar-refractivity contribution in [2.75, 3.05) is 6.61 Å². The second-order valence-corrected chi connectivity index (χ2v) is 3.32. The summed E-state index contributed by atoms with van der Waals surface area (Å²) in [5.41, 5.74) is -2.35. The molecule has 10 heavy (non-hydrogen) atoms. The molecule has 1 fully saturated rings. The molecule has 0 amide bonds. The van der Waals surface area contributed by atoms with Gasteiger partial charge < -0.3 is 15.3 Å². The standard InChI is InChI=1S/C7H14O3/c1-6(9)3-2-4-7(6,10)5-8/h8-10H,2-5H2,1H3. The molecular formula is C7H14O3. The highest BCUT2D eigenvalue weighted by atomic mass is 16.4. The highest BCUT2D eigenvalue weighted by molar-refractivity contribution is 5.01. The van der Waals surface area contributed by atoms with Crippen molar-refractivity contribution in [1.29, 1.82) is 0 Å². The molecule has 3 nitrogen and oxygen atoms in total. The predicted molar refractivity (Wildman–Crippen MR) is 36.5 cm³/mol. The molecule has 0 spiro atoms. The first-order valence-corrected chi connectivity index (χ1v) is 3.57. The summed E-state index contributed by atoms with van der Waals surface area (Å²) in [4.78, 5) is 0. The van der Waals surface area contributed by atoms with Crippen LogP contribution in [0.4, 0.5) is 0 Å². The third-order valence-electron chi connectivity index (χ3n) is 2.52. The van der Waals surface area contributed by atoms with Crippen LogP contribution in [0, 0.1) is 0 Å². The van der Waals surface area contributed by atoms with Crippen LogP contribution in [0.15, 0.2) is 0 Å². The lowest BCUT2D eigenvalue weighted by molar-refractivity contribution is -0.142. The summed E-state index contributed by atoms with van der Waals surface area (Å²) in [5.74, 6) is 0. The monoisotopic (exact) mass is 146 g/mol. The highest BCUT2D eigenvalue weighted by Gasteiger charge is 2.49. The molecular weight excluding hydrogens is 132 g/mol. The van der Waals surface area contributed by atoms with Gasteiger partial charge in [0.2, 0.25) is 0 Å². The van der Waals surface area contributed by atoms with Gasteiger partial charge in [-0.15, -0.1) is 0 Å². The van der Waals surface area contributed by atoms with Crippen molar-refractivity contribution in [3.63, 3.8) is 0 Å². The summed E-state index contributed by atoms with van der Waals surface area (Å²) in [6.07, 6.45) is 1.85. The Morgan fingerprint density at radius 2 is 1.90 bits per heavy atom. The Labute approximate surface area is 60.3 Å². The highest BCUT2D eigenvalue weighted by Crippen LogP contribution is 2.38. The van der Waals surface area contributed by atoms with E-state index in [-0.39, 0.29) is 6.61 Å². The fourth-order valence-corrected chi connectivity index (χ4v) is 1.48. The van der Waals surface area contributed by atoms with Gasteiger partial charge in [0.05, 0.1) is 12.2 Å². The number of aliphatic hydroxyl groups is 3. The average Bonchev–Trinajstić information content (AvgIpc) is 2.10. The molecule has 0 heterocycles. The van der Waals surface area contributed by atoms with E-state index in [2.05, 4.69) is 0 Å². The first-order chi connectivity index (χ1) is 4.52. The maximum absolute atomic E-state index is 9.53. The molecule has 0 radical (unpaired) electrons. The summed E-state index contributed by atoms with van der Waals surface area (Å²) in [6, 6.07) is 0. The Bertz CT molecular complexity index is 133. The normalized spacial score (nSPS) is 48.0. The summed E-state index contributed by atoms with van der Waals surface area (Å²) in [7, 11) is 0. The molecule has 1 rings (SSSR count). The van der Waals surface area contributed by atoms with Gasteiger partial charge in [-0.25, -0.2) is 0 Å². The van der Waals surface area contributed by atoms with Crippen LogP contribution in [0.5, 0.6) is 0 Å². The van der Waals surface area contributed by atoms with E-state index >= 15 is 0 Å². The first-order valence-electron chi connectivity index (χ1n) is 3.57. The molecule has 2 atom stereocenters. The maximum Gasteiger partial charge on any atom is 0.116 e. The van der Waals surface area contributed by atoms with Gasteiger partial charge in [-0.3, -0.25) is 0 Å². The van der Waals surface area contributed by atoms with Crippen LogP contribution in [0.1, 0.15) is 26.2 Å². The maximum atomic E-state index is 9.53. The fourth-order valence-electron chi connectivity index (χ4n) is 1.48. The van der Waals surface area contributed by atoms with E-state index in [9.17, 15) is 10.2 Å². The topological polar surface area (TPSA) is 60.7 Å². The van der Waals surface area contributed by atoms with Crippen molar-refractivity contribution in [3.05, 3.63) is 0 Å². The molecule has 60 valence electrons. The second-order valence-electron chi connectivity index (χ2n) is 3.32. The summed E-state index contributed by atoms with van der Waals surface area (Å²) in [6.45, 7) is 1.22. The number of hydrogen-bond donors (Lipinski definition) is 3. The summed E-state index contributed by atoms with van der Waals surface area (Å²) in [5, 5.41) is 27.8. The van der Waals surface area contributed by atoms with E-state index < -0.39 is 11.2 Å². The van der Waals surface area contributed by atoms with E-state index in [1.54, 1.807) is 6.92 Å². The van der Waals surface area contributed by atoms with Crippen LogP contribution in [-0.2, 0) is 0 Å². The van der Waals surface area contributed by atoms with Gasteiger partial charge in [0.1, 0.15) is 5.60 Å². The van der Waals surface area contributed by atoms with E-state index in [1.165, 1.54) is 0 Å². The third kappa shape index (κ3) is 0.944. The zero-order chi connectivity index (χ0) is 7.83. The Morgan fingerprint density at radius 1 is 1.30 bits per heavy atom. The van der Waals surface area contributed by atoms with E-state index in [0.29, 0.717) is 12.8 Å². The van der Waals surface area contributed by atoms with Gasteiger partial charge in [0, 0.05) is 0 Å². The Morgan fingerprint density at radius 3 is 2.10 bits per heavy atom. The van der Waals surface area contributed by atoms with Crippen LogP contribution < -0.4 is 0 Å². The van der Waals surface area contributed by atoms with Crippen LogP contribution in [0.2, 0.25) is 0 Å². The minimum atomic E-state index is -1.26. The molecule has 0 saturated heterocycles. The van der Waals surface area contributed by atoms with Gasteiger partial charge in [0.25, 0.3) is 0 Å². The van der Waals surface area contributed by atoms with Crippen LogP contribution in [0.3, 0.4) is 0 Å². The molecule has 2 unspecified atom stereocenters. The van der Waals surface area contributed by atoms with E-state index in [4.69, 9.17) is 5.11 Å². The van der Waals surface area contributed by atoms with E-state index in [0.717, 1.165) is 6.42 Å². The third-order valence-corrected chi connectivity index (χ3v) is 2.52. The van der Waals surface area contributed by atoms with Crippen molar-refractivity contribution < 1.29 is 15.3 Å². The predicted octanol–water partition coefficient (Wildman–Crippen LogP) is -0.355. The molecule has 0 aromatic carbocycles. The lowest BCUT2D eigenvalue weighted by atomic mass is 9.89. The van der Waals surface area contributed by atoms with Crippen molar-refractivity contribution >= 4 is 0 Å². The van der Waals surface area contributed by atoms with Crippen molar-refractivity contribution in [2.24, 2.45) is 0 Å². The molecule has 3 heteroatoms. The van der Waals surface area contributed by atoms with Gasteiger partial charge in [-0.2, -0.15) is 0 Å². The molecule has 1 aliphatic carbocycles. The minimum Gasteiger partial charge on any atom is -0.393 e. The second kappa shape index (κ2) is 2.19. The SMILES string of the molecule is CC1(O)CCCC1(O)CO. The summed E-state index contributed by atoms with van der Waals surface area (Å²) >= 11 is 0. The van der Waals surface area contributed by atoms with Crippen LogP contribution in [-0.4, -0.2) is 33.1 Å². The van der Waals surface area contributed by atoms with Crippen molar-refractivity contribution in [1.82, 2.24) is 0 Å². The molecule has 3 N–H and O–H groups in total. The van der Waals surface area contributed by atoms with Crippen molar-refractivity contribution in [2.45, 2.75) is 37.4 Å². The first kappa shape index (κ1) is 7.98. The average molecular weight is 146 g/mol. The summed E-state index contributed by atoms with van der Waals surface area (Å²) < 4.78 is 0. The minimum absolute atomic E-state index is 0.347. The zero-order valence-electron chi connectivity index (χ0n) is 6.17. The number of rotatable bonds is 1. The van der Waals surface area contributed by atoms with Gasteiger partial charge in [0.15, 0.2) is 0 Å². The van der Waals surface area contributed by atoms with Crippen LogP contribution in [0.25, 0.3) is 0 Å². The molecule has 0 aromatic rings. The largest absolute Gasteiger partial charge is 0.393 e. The lowest BCUT2D eigenvalue weighted by Gasteiger charge is -2.33. The van der Waals surface area contributed by atoms with Gasteiger partial charge >= 0.3 is 0 Å². The van der Waals surface area contributed by atoms with Crippen LogP contribution >= 0.6 is 0 Å². The van der Waals surface area contributed by atoms with Gasteiger partial charge in [-0.05, 0) is 26.2 Å². The quantitative estimate of drug-likeness (QED) is 0.473. The smallest absolute Gasteiger partial charge is 0.116 e. The molecule has 1 aliphatic rings. The van der Waals surface area contributed by atoms with E-state index in [1.807, 2.05) is 0 Å². The molecule has 0 aromatic heterocycles. The fraction of sp³-hybridized carbons (Fsp3) is 1.00. The number of hydrogen-bond acceptors (Lipinski definition) is 3. The molecule has 0 aliphatic heterocycles. The molecule has 0 bridgehead atoms. The Hall–Kier alpha value is -0.120. The Balaban J connectivity index is 2.76. The number of aliphatic hydroxyl groups excluding tert-OH is 1. The zero-order valence-corrected chi connectivity index (χ0v) is 6.17. The van der Waals surface area contributed by atoms with Crippen molar-refractivity contribution in [3.8, 4) is 0 Å². The Kier molecular flexibility index (Phi) is 1.75.